The molecule has 3 amide bonds. The SMILES string of the molecule is C[C@H](CNC(=O)N[C@@H]1CCN(C[C@H]2CCCO2)C[C@@H]1C)CN1CCCC1=O. The minimum atomic E-state index is -0.0842. The van der Waals surface area contributed by atoms with E-state index in [4.69, 9.17) is 4.74 Å². The molecule has 2 N–H and O–H groups in total. The lowest BCUT2D eigenvalue weighted by molar-refractivity contribution is -0.128. The fraction of sp³-hybridized carbons (Fsp3) is 0.900. The van der Waals surface area contributed by atoms with Crippen LogP contribution in [0.25, 0.3) is 0 Å². The molecule has 0 unspecified atom stereocenters. The smallest absolute Gasteiger partial charge is 0.315 e. The molecule has 154 valence electrons. The second kappa shape index (κ2) is 9.73. The Morgan fingerprint density at radius 3 is 2.81 bits per heavy atom. The normalized spacial score (nSPS) is 30.5. The van der Waals surface area contributed by atoms with Crippen molar-refractivity contribution < 1.29 is 14.3 Å². The van der Waals surface area contributed by atoms with Gasteiger partial charge in [0.2, 0.25) is 5.91 Å². The van der Waals surface area contributed by atoms with Crippen LogP contribution in [0.1, 0.15) is 46.0 Å². The maximum Gasteiger partial charge on any atom is 0.315 e. The molecule has 0 spiro atoms. The molecule has 0 bridgehead atoms. The van der Waals surface area contributed by atoms with Gasteiger partial charge in [-0.15, -0.1) is 0 Å². The number of hydrogen-bond donors (Lipinski definition) is 2. The van der Waals surface area contributed by atoms with E-state index >= 15 is 0 Å². The predicted octanol–water partition coefficient (Wildman–Crippen LogP) is 1.43. The Bertz CT molecular complexity index is 509. The molecule has 3 heterocycles. The molecule has 3 aliphatic rings. The number of carbonyl (C=O) groups excluding carboxylic acids is 2. The monoisotopic (exact) mass is 380 g/mol. The Hall–Kier alpha value is -1.34. The van der Waals surface area contributed by atoms with E-state index in [1.54, 1.807) is 0 Å². The van der Waals surface area contributed by atoms with E-state index in [0.717, 1.165) is 52.2 Å². The average molecular weight is 381 g/mol. The number of nitrogens with zero attached hydrogens (tertiary/aromatic N) is 2. The van der Waals surface area contributed by atoms with Crippen molar-refractivity contribution >= 4 is 11.9 Å². The largest absolute Gasteiger partial charge is 0.377 e. The molecule has 0 radical (unpaired) electrons. The van der Waals surface area contributed by atoms with E-state index in [2.05, 4.69) is 29.4 Å². The van der Waals surface area contributed by atoms with Gasteiger partial charge < -0.3 is 25.2 Å². The third-order valence-corrected chi connectivity index (χ3v) is 6.11. The van der Waals surface area contributed by atoms with E-state index in [1.165, 1.54) is 12.8 Å². The first kappa shape index (κ1) is 20.4. The highest BCUT2D eigenvalue weighted by Gasteiger charge is 2.29. The number of nitrogens with one attached hydrogen (secondary N) is 2. The maximum absolute atomic E-state index is 12.3. The number of ether oxygens (including phenoxy) is 1. The zero-order chi connectivity index (χ0) is 19.2. The van der Waals surface area contributed by atoms with E-state index in [9.17, 15) is 9.59 Å². The van der Waals surface area contributed by atoms with Gasteiger partial charge in [0.05, 0.1) is 6.10 Å². The van der Waals surface area contributed by atoms with Crippen LogP contribution in [-0.2, 0) is 9.53 Å². The summed E-state index contributed by atoms with van der Waals surface area (Å²) in [4.78, 5) is 28.4. The summed E-state index contributed by atoms with van der Waals surface area (Å²) in [6.07, 6.45) is 5.37. The van der Waals surface area contributed by atoms with Crippen molar-refractivity contribution in [3.05, 3.63) is 0 Å². The quantitative estimate of drug-likeness (QED) is 0.701. The van der Waals surface area contributed by atoms with Gasteiger partial charge in [0.1, 0.15) is 0 Å². The van der Waals surface area contributed by atoms with Gasteiger partial charge in [-0.1, -0.05) is 13.8 Å². The Morgan fingerprint density at radius 1 is 1.30 bits per heavy atom. The number of carbonyl (C=O) groups is 2. The fourth-order valence-electron chi connectivity index (χ4n) is 4.51. The van der Waals surface area contributed by atoms with Crippen molar-refractivity contribution in [1.29, 1.82) is 0 Å². The van der Waals surface area contributed by atoms with Gasteiger partial charge in [0, 0.05) is 58.3 Å². The van der Waals surface area contributed by atoms with Crippen molar-refractivity contribution in [2.75, 3.05) is 45.9 Å². The first-order valence-corrected chi connectivity index (χ1v) is 10.7. The molecule has 27 heavy (non-hydrogen) atoms. The minimum absolute atomic E-state index is 0.0842. The highest BCUT2D eigenvalue weighted by atomic mass is 16.5. The van der Waals surface area contributed by atoms with Gasteiger partial charge in [-0.25, -0.2) is 4.79 Å². The maximum atomic E-state index is 12.3. The van der Waals surface area contributed by atoms with Crippen LogP contribution in [0.2, 0.25) is 0 Å². The lowest BCUT2D eigenvalue weighted by atomic mass is 9.93. The molecule has 7 nitrogen and oxygen atoms in total. The zero-order valence-corrected chi connectivity index (χ0v) is 16.9. The Balaban J connectivity index is 1.32. The standard InChI is InChI=1S/C20H36N4O3/c1-15(12-24-8-3-6-19(24)25)11-21-20(26)22-18-7-9-23(13-16(18)2)14-17-5-4-10-27-17/h15-18H,3-14H2,1-2H3,(H2,21,22,26)/t15-,16+,17-,18-/m1/s1. The molecule has 4 atom stereocenters. The third-order valence-electron chi connectivity index (χ3n) is 6.11. The van der Waals surface area contributed by atoms with Crippen molar-refractivity contribution in [3.8, 4) is 0 Å². The number of piperidine rings is 1. The Morgan fingerprint density at radius 2 is 2.15 bits per heavy atom. The van der Waals surface area contributed by atoms with Crippen LogP contribution in [0.5, 0.6) is 0 Å². The predicted molar refractivity (Wildman–Crippen MR) is 104 cm³/mol. The summed E-state index contributed by atoms with van der Waals surface area (Å²) < 4.78 is 5.74. The van der Waals surface area contributed by atoms with Gasteiger partial charge >= 0.3 is 6.03 Å². The molecule has 0 aliphatic carbocycles. The average Bonchev–Trinajstić information content (AvgIpc) is 3.28. The topological polar surface area (TPSA) is 73.9 Å². The molecule has 0 aromatic carbocycles. The molecule has 0 aromatic heterocycles. The van der Waals surface area contributed by atoms with Crippen LogP contribution in [0.3, 0.4) is 0 Å². The Labute approximate surface area is 163 Å². The highest BCUT2D eigenvalue weighted by Crippen LogP contribution is 2.20. The molecular formula is C20H36N4O3. The zero-order valence-electron chi connectivity index (χ0n) is 16.9. The Kier molecular flexibility index (Phi) is 7.35. The second-order valence-corrected chi connectivity index (χ2v) is 8.67. The summed E-state index contributed by atoms with van der Waals surface area (Å²) in [6.45, 7) is 10.4. The van der Waals surface area contributed by atoms with Gasteiger partial charge in [-0.3, -0.25) is 4.79 Å². The van der Waals surface area contributed by atoms with Gasteiger partial charge in [-0.2, -0.15) is 0 Å². The van der Waals surface area contributed by atoms with Crippen molar-refractivity contribution in [2.24, 2.45) is 11.8 Å². The minimum Gasteiger partial charge on any atom is -0.377 e. The van der Waals surface area contributed by atoms with Crippen LogP contribution in [-0.4, -0.2) is 79.8 Å². The van der Waals surface area contributed by atoms with Gasteiger partial charge in [0.15, 0.2) is 0 Å². The summed E-state index contributed by atoms with van der Waals surface area (Å²) in [5.41, 5.74) is 0. The summed E-state index contributed by atoms with van der Waals surface area (Å²) in [6, 6.07) is 0.139. The number of amides is 3. The van der Waals surface area contributed by atoms with Crippen LogP contribution in [0.15, 0.2) is 0 Å². The van der Waals surface area contributed by atoms with Gasteiger partial charge in [-0.05, 0) is 37.5 Å². The number of urea groups is 1. The first-order valence-electron chi connectivity index (χ1n) is 10.7. The molecule has 0 aromatic rings. The van der Waals surface area contributed by atoms with Crippen LogP contribution >= 0.6 is 0 Å². The number of hydrogen-bond acceptors (Lipinski definition) is 4. The third kappa shape index (κ3) is 6.07. The number of rotatable bonds is 7. The molecular weight excluding hydrogens is 344 g/mol. The van der Waals surface area contributed by atoms with Crippen LogP contribution in [0.4, 0.5) is 4.79 Å². The first-order chi connectivity index (χ1) is 13.0. The van der Waals surface area contributed by atoms with E-state index in [1.807, 2.05) is 4.90 Å². The summed E-state index contributed by atoms with van der Waals surface area (Å²) >= 11 is 0. The molecule has 3 fully saturated rings. The van der Waals surface area contributed by atoms with E-state index in [-0.39, 0.29) is 23.9 Å². The van der Waals surface area contributed by atoms with E-state index < -0.39 is 0 Å². The summed E-state index contributed by atoms with van der Waals surface area (Å²) in [7, 11) is 0. The molecule has 3 aliphatic heterocycles. The van der Waals surface area contributed by atoms with Gasteiger partial charge in [0.25, 0.3) is 0 Å². The second-order valence-electron chi connectivity index (χ2n) is 8.67. The molecule has 3 rings (SSSR count). The van der Waals surface area contributed by atoms with Crippen molar-refractivity contribution in [3.63, 3.8) is 0 Å². The van der Waals surface area contributed by atoms with E-state index in [0.29, 0.717) is 25.0 Å². The number of likely N-dealkylation sites (tertiary alicyclic amines) is 2. The summed E-state index contributed by atoms with van der Waals surface area (Å²) in [5.74, 6) is 0.948. The van der Waals surface area contributed by atoms with Crippen LogP contribution < -0.4 is 10.6 Å². The lowest BCUT2D eigenvalue weighted by Crippen LogP contribution is -2.53. The summed E-state index contributed by atoms with van der Waals surface area (Å²) in [5, 5.41) is 6.14. The van der Waals surface area contributed by atoms with Crippen molar-refractivity contribution in [2.45, 2.75) is 58.1 Å². The van der Waals surface area contributed by atoms with Crippen LogP contribution in [0, 0.1) is 11.8 Å². The lowest BCUT2D eigenvalue weighted by Gasteiger charge is -2.38. The molecule has 3 saturated heterocycles. The van der Waals surface area contributed by atoms with Crippen molar-refractivity contribution in [1.82, 2.24) is 20.4 Å². The molecule has 0 saturated carbocycles. The fourth-order valence-corrected chi connectivity index (χ4v) is 4.51. The highest BCUT2D eigenvalue weighted by molar-refractivity contribution is 5.78. The molecule has 7 heteroatoms.